The minimum absolute atomic E-state index is 0.249. The summed E-state index contributed by atoms with van der Waals surface area (Å²) in [5.74, 6) is -0.420. The molecule has 0 spiro atoms. The van der Waals surface area contributed by atoms with Gasteiger partial charge < -0.3 is 15.2 Å². The van der Waals surface area contributed by atoms with E-state index >= 15 is 0 Å². The van der Waals surface area contributed by atoms with Crippen LogP contribution in [-0.4, -0.2) is 25.8 Å². The van der Waals surface area contributed by atoms with E-state index in [1.165, 1.54) is 0 Å². The van der Waals surface area contributed by atoms with Gasteiger partial charge in [0.15, 0.2) is 0 Å². The van der Waals surface area contributed by atoms with E-state index in [1.807, 2.05) is 25.1 Å². The second-order valence-electron chi connectivity index (χ2n) is 3.67. The lowest BCUT2D eigenvalue weighted by molar-refractivity contribution is -0.146. The molecule has 1 unspecified atom stereocenters. The van der Waals surface area contributed by atoms with Crippen LogP contribution in [0.5, 0.6) is 0 Å². The first kappa shape index (κ1) is 13.7. The molecule has 2 N–H and O–H groups in total. The number of hydrogen-bond acceptors (Lipinski definition) is 4. The second kappa shape index (κ2) is 7.81. The summed E-state index contributed by atoms with van der Waals surface area (Å²) in [6, 6.07) is 8.45. The summed E-state index contributed by atoms with van der Waals surface area (Å²) in [6.07, 6.45) is 0.956. The van der Waals surface area contributed by atoms with Crippen LogP contribution in [-0.2, 0) is 14.3 Å². The van der Waals surface area contributed by atoms with E-state index in [-0.39, 0.29) is 6.61 Å². The molecule has 0 heterocycles. The van der Waals surface area contributed by atoms with Crippen molar-refractivity contribution in [3.05, 3.63) is 35.9 Å². The van der Waals surface area contributed by atoms with Crippen LogP contribution in [0.1, 0.15) is 24.9 Å². The molecule has 0 bridgehead atoms. The quantitative estimate of drug-likeness (QED) is 0.578. The summed E-state index contributed by atoms with van der Waals surface area (Å²) in [5.41, 5.74) is 6.52. The molecular formula is C13H19NO3. The number of rotatable bonds is 7. The van der Waals surface area contributed by atoms with Crippen LogP contribution >= 0.6 is 0 Å². The van der Waals surface area contributed by atoms with Crippen molar-refractivity contribution in [3.63, 3.8) is 0 Å². The van der Waals surface area contributed by atoms with Gasteiger partial charge in [-0.2, -0.15) is 0 Å². The summed E-state index contributed by atoms with van der Waals surface area (Å²) in [4.78, 5) is 11.6. The number of carbonyl (C=O) groups excluding carboxylic acids is 1. The predicted octanol–water partition coefficient (Wildman–Crippen LogP) is 1.66. The molecular weight excluding hydrogens is 218 g/mol. The van der Waals surface area contributed by atoms with Gasteiger partial charge in [-0.05, 0) is 12.0 Å². The molecule has 1 atom stereocenters. The predicted molar refractivity (Wildman–Crippen MR) is 65.4 cm³/mol. The molecule has 0 fully saturated rings. The van der Waals surface area contributed by atoms with Gasteiger partial charge in [0.25, 0.3) is 0 Å². The zero-order chi connectivity index (χ0) is 12.5. The van der Waals surface area contributed by atoms with Gasteiger partial charge in [-0.3, -0.25) is 0 Å². The fourth-order valence-electron chi connectivity index (χ4n) is 1.33. The SMILES string of the molecule is CCCOCCOC(=O)C(N)c1ccccc1. The number of hydrogen-bond donors (Lipinski definition) is 1. The Kier molecular flexibility index (Phi) is 6.29. The number of esters is 1. The molecule has 1 aromatic carbocycles. The molecule has 0 saturated heterocycles. The topological polar surface area (TPSA) is 61.5 Å². The number of carbonyl (C=O) groups is 1. The van der Waals surface area contributed by atoms with Crippen molar-refractivity contribution in [3.8, 4) is 0 Å². The first-order valence-corrected chi connectivity index (χ1v) is 5.80. The van der Waals surface area contributed by atoms with Gasteiger partial charge in [0.1, 0.15) is 12.6 Å². The van der Waals surface area contributed by atoms with Crippen molar-refractivity contribution in [1.29, 1.82) is 0 Å². The van der Waals surface area contributed by atoms with Crippen LogP contribution in [0.3, 0.4) is 0 Å². The Morgan fingerprint density at radius 3 is 2.59 bits per heavy atom. The van der Waals surface area contributed by atoms with E-state index in [9.17, 15) is 4.79 Å². The summed E-state index contributed by atoms with van der Waals surface area (Å²) >= 11 is 0. The minimum atomic E-state index is -0.720. The normalized spacial score (nSPS) is 12.1. The standard InChI is InChI=1S/C13H19NO3/c1-2-8-16-9-10-17-13(15)12(14)11-6-4-3-5-7-11/h3-7,12H,2,8-10,14H2,1H3. The first-order valence-electron chi connectivity index (χ1n) is 5.80. The molecule has 4 heteroatoms. The fraction of sp³-hybridized carbons (Fsp3) is 0.462. The average Bonchev–Trinajstić information content (AvgIpc) is 2.38. The Morgan fingerprint density at radius 1 is 1.24 bits per heavy atom. The van der Waals surface area contributed by atoms with Crippen molar-refractivity contribution < 1.29 is 14.3 Å². The molecule has 0 radical (unpaired) electrons. The van der Waals surface area contributed by atoms with Gasteiger partial charge >= 0.3 is 5.97 Å². The highest BCUT2D eigenvalue weighted by Crippen LogP contribution is 2.10. The third kappa shape index (κ3) is 4.97. The Morgan fingerprint density at radius 2 is 1.94 bits per heavy atom. The van der Waals surface area contributed by atoms with E-state index < -0.39 is 12.0 Å². The van der Waals surface area contributed by atoms with Crippen LogP contribution in [0.25, 0.3) is 0 Å². The molecule has 1 rings (SSSR count). The number of benzene rings is 1. The van der Waals surface area contributed by atoms with Gasteiger partial charge in [0, 0.05) is 6.61 Å². The highest BCUT2D eigenvalue weighted by atomic mass is 16.6. The molecule has 0 saturated carbocycles. The summed E-state index contributed by atoms with van der Waals surface area (Å²) in [7, 11) is 0. The third-order valence-corrected chi connectivity index (χ3v) is 2.23. The highest BCUT2D eigenvalue weighted by molar-refractivity contribution is 5.77. The van der Waals surface area contributed by atoms with Gasteiger partial charge in [-0.1, -0.05) is 37.3 Å². The summed E-state index contributed by atoms with van der Waals surface area (Å²) < 4.78 is 10.2. The van der Waals surface area contributed by atoms with E-state index in [1.54, 1.807) is 12.1 Å². The number of nitrogens with two attached hydrogens (primary N) is 1. The van der Waals surface area contributed by atoms with E-state index in [2.05, 4.69) is 0 Å². The number of ether oxygens (including phenoxy) is 2. The molecule has 0 aromatic heterocycles. The first-order chi connectivity index (χ1) is 8.25. The Labute approximate surface area is 102 Å². The zero-order valence-corrected chi connectivity index (χ0v) is 10.1. The van der Waals surface area contributed by atoms with Gasteiger partial charge in [0.2, 0.25) is 0 Å². The monoisotopic (exact) mass is 237 g/mol. The molecule has 0 aliphatic rings. The van der Waals surface area contributed by atoms with E-state index in [0.717, 1.165) is 12.0 Å². The largest absolute Gasteiger partial charge is 0.462 e. The maximum atomic E-state index is 11.6. The molecule has 1 aromatic rings. The molecule has 0 amide bonds. The van der Waals surface area contributed by atoms with Crippen molar-refractivity contribution in [2.45, 2.75) is 19.4 Å². The van der Waals surface area contributed by atoms with Gasteiger partial charge in [-0.15, -0.1) is 0 Å². The highest BCUT2D eigenvalue weighted by Gasteiger charge is 2.16. The Balaban J connectivity index is 2.28. The van der Waals surface area contributed by atoms with Crippen LogP contribution < -0.4 is 5.73 Å². The van der Waals surface area contributed by atoms with Crippen LogP contribution in [0.2, 0.25) is 0 Å². The Bertz CT molecular complexity index is 327. The van der Waals surface area contributed by atoms with Gasteiger partial charge in [0.05, 0.1) is 6.61 Å². The van der Waals surface area contributed by atoms with E-state index in [4.69, 9.17) is 15.2 Å². The maximum Gasteiger partial charge on any atom is 0.327 e. The third-order valence-electron chi connectivity index (χ3n) is 2.23. The lowest BCUT2D eigenvalue weighted by atomic mass is 10.1. The fourth-order valence-corrected chi connectivity index (χ4v) is 1.33. The van der Waals surface area contributed by atoms with Crippen molar-refractivity contribution in [2.75, 3.05) is 19.8 Å². The van der Waals surface area contributed by atoms with Crippen molar-refractivity contribution in [2.24, 2.45) is 5.73 Å². The minimum Gasteiger partial charge on any atom is -0.462 e. The van der Waals surface area contributed by atoms with Crippen molar-refractivity contribution in [1.82, 2.24) is 0 Å². The lowest BCUT2D eigenvalue weighted by Gasteiger charge is -2.11. The van der Waals surface area contributed by atoms with Gasteiger partial charge in [-0.25, -0.2) is 4.79 Å². The van der Waals surface area contributed by atoms with Crippen LogP contribution in [0.15, 0.2) is 30.3 Å². The molecule has 94 valence electrons. The Hall–Kier alpha value is -1.39. The summed E-state index contributed by atoms with van der Waals surface area (Å²) in [6.45, 7) is 3.38. The van der Waals surface area contributed by atoms with Crippen LogP contribution in [0.4, 0.5) is 0 Å². The summed E-state index contributed by atoms with van der Waals surface area (Å²) in [5, 5.41) is 0. The lowest BCUT2D eigenvalue weighted by Crippen LogP contribution is -2.25. The second-order valence-corrected chi connectivity index (χ2v) is 3.67. The molecule has 4 nitrogen and oxygen atoms in total. The van der Waals surface area contributed by atoms with Crippen LogP contribution in [0, 0.1) is 0 Å². The maximum absolute atomic E-state index is 11.6. The molecule has 0 aliphatic heterocycles. The molecule has 17 heavy (non-hydrogen) atoms. The smallest absolute Gasteiger partial charge is 0.327 e. The van der Waals surface area contributed by atoms with E-state index in [0.29, 0.717) is 13.2 Å². The average molecular weight is 237 g/mol. The molecule has 0 aliphatic carbocycles. The zero-order valence-electron chi connectivity index (χ0n) is 10.1. The van der Waals surface area contributed by atoms with Crippen molar-refractivity contribution >= 4 is 5.97 Å².